The van der Waals surface area contributed by atoms with Gasteiger partial charge in [-0.3, -0.25) is 0 Å². The van der Waals surface area contributed by atoms with Gasteiger partial charge in [-0.2, -0.15) is 0 Å². The number of phenols is 2. The van der Waals surface area contributed by atoms with Crippen molar-refractivity contribution in [3.63, 3.8) is 0 Å². The molecule has 2 aromatic carbocycles. The van der Waals surface area contributed by atoms with Gasteiger partial charge in [0.15, 0.2) is 11.5 Å². The molecular formula is C17H20NO3+. The number of aromatic hydroxyl groups is 2. The fourth-order valence-corrected chi connectivity index (χ4v) is 3.06. The van der Waals surface area contributed by atoms with Crippen molar-refractivity contribution in [2.24, 2.45) is 0 Å². The average Bonchev–Trinajstić information content (AvgIpc) is 2.50. The van der Waals surface area contributed by atoms with Crippen LogP contribution >= 0.6 is 0 Å². The Hall–Kier alpha value is -2.20. The smallest absolute Gasteiger partial charge is 0.167 e. The number of benzene rings is 2. The molecule has 4 nitrogen and oxygen atoms in total. The molecule has 1 atom stereocenters. The molecular weight excluding hydrogens is 266 g/mol. The molecule has 1 unspecified atom stereocenters. The van der Waals surface area contributed by atoms with Crippen molar-refractivity contribution in [2.75, 3.05) is 13.7 Å². The topological polar surface area (TPSA) is 66.3 Å². The summed E-state index contributed by atoms with van der Waals surface area (Å²) in [5.74, 6) is 1.06. The summed E-state index contributed by atoms with van der Waals surface area (Å²) in [5.41, 5.74) is 3.32. The minimum Gasteiger partial charge on any atom is -0.508 e. The molecule has 110 valence electrons. The van der Waals surface area contributed by atoms with Crippen LogP contribution in [0.15, 0.2) is 36.4 Å². The first-order valence-corrected chi connectivity index (χ1v) is 7.19. The third kappa shape index (κ3) is 2.67. The van der Waals surface area contributed by atoms with Gasteiger partial charge in [-0.15, -0.1) is 0 Å². The van der Waals surface area contributed by atoms with E-state index in [4.69, 9.17) is 4.74 Å². The predicted octanol–water partition coefficient (Wildman–Crippen LogP) is 1.51. The van der Waals surface area contributed by atoms with Crippen LogP contribution in [0, 0.1) is 0 Å². The zero-order valence-corrected chi connectivity index (χ0v) is 12.0. The molecule has 0 spiro atoms. The lowest BCUT2D eigenvalue weighted by atomic mass is 9.89. The summed E-state index contributed by atoms with van der Waals surface area (Å²) in [7, 11) is 1.57. The second-order valence-corrected chi connectivity index (χ2v) is 5.44. The highest BCUT2D eigenvalue weighted by Gasteiger charge is 2.28. The number of fused-ring (bicyclic) bond motifs is 1. The lowest BCUT2D eigenvalue weighted by Gasteiger charge is -2.25. The van der Waals surface area contributed by atoms with Crippen molar-refractivity contribution in [1.82, 2.24) is 0 Å². The molecule has 0 aliphatic carbocycles. The molecule has 21 heavy (non-hydrogen) atoms. The molecule has 0 bridgehead atoms. The van der Waals surface area contributed by atoms with Crippen LogP contribution in [0.1, 0.15) is 22.7 Å². The van der Waals surface area contributed by atoms with Gasteiger partial charge in [0.2, 0.25) is 0 Å². The number of hydrogen-bond donors (Lipinski definition) is 3. The summed E-state index contributed by atoms with van der Waals surface area (Å²) in [6.07, 6.45) is 1.77. The standard InChI is InChI=1S/C17H19NO3/c1-21-15-7-4-12-8-9-18-14(16(12)17(15)20)10-11-2-5-13(19)6-3-11/h2-7,14,18-20H,8-10H2,1H3/p+1. The van der Waals surface area contributed by atoms with Gasteiger partial charge in [0.05, 0.1) is 19.2 Å². The molecule has 0 saturated heterocycles. The minimum absolute atomic E-state index is 0.174. The van der Waals surface area contributed by atoms with E-state index in [9.17, 15) is 10.2 Å². The van der Waals surface area contributed by atoms with Gasteiger partial charge >= 0.3 is 0 Å². The Bertz CT molecular complexity index is 637. The minimum atomic E-state index is 0.174. The van der Waals surface area contributed by atoms with E-state index in [1.165, 1.54) is 5.56 Å². The van der Waals surface area contributed by atoms with Crippen LogP contribution in [-0.4, -0.2) is 23.9 Å². The lowest BCUT2D eigenvalue weighted by Crippen LogP contribution is -2.87. The molecule has 1 aliphatic rings. The third-order valence-corrected chi connectivity index (χ3v) is 4.12. The summed E-state index contributed by atoms with van der Waals surface area (Å²) in [6.45, 7) is 1.02. The maximum absolute atomic E-state index is 10.4. The highest BCUT2D eigenvalue weighted by atomic mass is 16.5. The van der Waals surface area contributed by atoms with Gasteiger partial charge in [0.1, 0.15) is 11.8 Å². The summed E-state index contributed by atoms with van der Waals surface area (Å²) in [6, 6.07) is 11.3. The molecule has 4 heteroatoms. The second-order valence-electron chi connectivity index (χ2n) is 5.44. The highest BCUT2D eigenvalue weighted by molar-refractivity contribution is 5.51. The van der Waals surface area contributed by atoms with Crippen molar-refractivity contribution in [3.8, 4) is 17.2 Å². The van der Waals surface area contributed by atoms with E-state index in [2.05, 4.69) is 5.32 Å². The van der Waals surface area contributed by atoms with Crippen LogP contribution in [0.4, 0.5) is 0 Å². The van der Waals surface area contributed by atoms with Crippen molar-refractivity contribution in [3.05, 3.63) is 53.1 Å². The van der Waals surface area contributed by atoms with Crippen LogP contribution in [0.25, 0.3) is 0 Å². The molecule has 0 radical (unpaired) electrons. The Kier molecular flexibility index (Phi) is 3.71. The second kappa shape index (κ2) is 5.66. The number of ether oxygens (including phenoxy) is 1. The van der Waals surface area contributed by atoms with Crippen molar-refractivity contribution < 1.29 is 20.3 Å². The summed E-state index contributed by atoms with van der Waals surface area (Å²) in [5, 5.41) is 22.1. The fourth-order valence-electron chi connectivity index (χ4n) is 3.06. The van der Waals surface area contributed by atoms with Crippen LogP contribution in [0.3, 0.4) is 0 Å². The molecule has 3 rings (SSSR count). The maximum atomic E-state index is 10.4. The number of phenolic OH excluding ortho intramolecular Hbond substituents is 2. The largest absolute Gasteiger partial charge is 0.508 e. The summed E-state index contributed by atoms with van der Waals surface area (Å²) < 4.78 is 5.23. The fraction of sp³-hybridized carbons (Fsp3) is 0.294. The first-order chi connectivity index (χ1) is 10.2. The van der Waals surface area contributed by atoms with Crippen LogP contribution in [0.5, 0.6) is 17.2 Å². The monoisotopic (exact) mass is 286 g/mol. The van der Waals surface area contributed by atoms with Gasteiger partial charge in [0, 0.05) is 12.8 Å². The Balaban J connectivity index is 1.94. The average molecular weight is 286 g/mol. The molecule has 0 saturated carbocycles. The van der Waals surface area contributed by atoms with E-state index in [0.29, 0.717) is 5.75 Å². The van der Waals surface area contributed by atoms with Crippen LogP contribution < -0.4 is 10.1 Å². The molecule has 2 aromatic rings. The first-order valence-electron chi connectivity index (χ1n) is 7.19. The maximum Gasteiger partial charge on any atom is 0.167 e. The number of quaternary nitrogens is 1. The molecule has 1 heterocycles. The van der Waals surface area contributed by atoms with Gasteiger partial charge in [-0.05, 0) is 29.3 Å². The molecule has 0 amide bonds. The Morgan fingerprint density at radius 3 is 2.62 bits per heavy atom. The van der Waals surface area contributed by atoms with E-state index in [1.807, 2.05) is 24.3 Å². The SMILES string of the molecule is COc1ccc2c(c1O)C(Cc1ccc(O)cc1)[NH2+]CC2. The predicted molar refractivity (Wildman–Crippen MR) is 79.7 cm³/mol. The number of methoxy groups -OCH3 is 1. The number of hydrogen-bond acceptors (Lipinski definition) is 3. The van der Waals surface area contributed by atoms with Gasteiger partial charge in [0.25, 0.3) is 0 Å². The zero-order valence-electron chi connectivity index (χ0n) is 12.0. The normalized spacial score (nSPS) is 17.3. The van der Waals surface area contributed by atoms with Gasteiger partial charge in [-0.1, -0.05) is 18.2 Å². The Labute approximate surface area is 124 Å². The quantitative estimate of drug-likeness (QED) is 0.801. The van der Waals surface area contributed by atoms with Crippen molar-refractivity contribution in [2.45, 2.75) is 18.9 Å². The van der Waals surface area contributed by atoms with Crippen molar-refractivity contribution >= 4 is 0 Å². The Morgan fingerprint density at radius 1 is 1.14 bits per heavy atom. The lowest BCUT2D eigenvalue weighted by molar-refractivity contribution is -0.698. The van der Waals surface area contributed by atoms with Gasteiger partial charge < -0.3 is 20.3 Å². The first kappa shape index (κ1) is 13.8. The van der Waals surface area contributed by atoms with E-state index < -0.39 is 0 Å². The number of nitrogens with two attached hydrogens (primary N) is 1. The zero-order chi connectivity index (χ0) is 14.8. The van der Waals surface area contributed by atoms with E-state index in [1.54, 1.807) is 19.2 Å². The molecule has 4 N–H and O–H groups in total. The summed E-state index contributed by atoms with van der Waals surface area (Å²) in [4.78, 5) is 0. The van der Waals surface area contributed by atoms with Crippen LogP contribution in [-0.2, 0) is 12.8 Å². The highest BCUT2D eigenvalue weighted by Crippen LogP contribution is 2.37. The van der Waals surface area contributed by atoms with Gasteiger partial charge in [-0.25, -0.2) is 0 Å². The van der Waals surface area contributed by atoms with E-state index in [0.717, 1.165) is 30.5 Å². The number of rotatable bonds is 3. The molecule has 0 aromatic heterocycles. The van der Waals surface area contributed by atoms with E-state index in [-0.39, 0.29) is 17.5 Å². The Morgan fingerprint density at radius 2 is 1.90 bits per heavy atom. The van der Waals surface area contributed by atoms with E-state index >= 15 is 0 Å². The van der Waals surface area contributed by atoms with Crippen LogP contribution in [0.2, 0.25) is 0 Å². The van der Waals surface area contributed by atoms with Crippen molar-refractivity contribution in [1.29, 1.82) is 0 Å². The third-order valence-electron chi connectivity index (χ3n) is 4.12. The molecule has 1 aliphatic heterocycles. The summed E-state index contributed by atoms with van der Waals surface area (Å²) >= 11 is 0. The molecule has 0 fully saturated rings.